The fraction of sp³-hybridized carbons (Fsp3) is 0.500. The van der Waals surface area contributed by atoms with Crippen molar-refractivity contribution in [2.45, 2.75) is 30.6 Å². The van der Waals surface area contributed by atoms with E-state index in [1.807, 2.05) is 37.3 Å². The minimum atomic E-state index is -1.09. The van der Waals surface area contributed by atoms with Crippen molar-refractivity contribution in [3.05, 3.63) is 35.9 Å². The molecule has 0 heterocycles. The summed E-state index contributed by atoms with van der Waals surface area (Å²) >= 11 is 11.8. The first-order valence-electron chi connectivity index (χ1n) is 7.05. The number of ether oxygens (including phenoxy) is 1. The Kier molecular flexibility index (Phi) is 4.73. The number of likely N-dealkylation sites (N-methyl/N-ethyl adjacent to an activating group) is 1. The molecule has 0 radical (unpaired) electrons. The Bertz CT molecular complexity index is 576. The normalized spacial score (nSPS) is 23.5. The Balaban J connectivity index is 1.89. The lowest BCUT2D eigenvalue weighted by molar-refractivity contribution is -0.156. The van der Waals surface area contributed by atoms with Crippen LogP contribution in [0.4, 0.5) is 0 Å². The predicted molar refractivity (Wildman–Crippen MR) is 85.7 cm³/mol. The summed E-state index contributed by atoms with van der Waals surface area (Å²) in [5.74, 6) is -0.810. The third-order valence-electron chi connectivity index (χ3n) is 4.29. The van der Waals surface area contributed by atoms with Crippen LogP contribution in [-0.4, -0.2) is 34.8 Å². The molecule has 2 rings (SSSR count). The van der Waals surface area contributed by atoms with Crippen LogP contribution in [0.3, 0.4) is 0 Å². The molecule has 2 unspecified atom stereocenters. The second-order valence-corrected chi connectivity index (χ2v) is 7.36. The molecule has 6 heteroatoms. The third-order valence-corrected chi connectivity index (χ3v) is 5.39. The maximum absolute atomic E-state index is 12.2. The topological polar surface area (TPSA) is 46.6 Å². The van der Waals surface area contributed by atoms with Crippen LogP contribution in [0.1, 0.15) is 31.9 Å². The van der Waals surface area contributed by atoms with E-state index in [4.69, 9.17) is 27.9 Å². The van der Waals surface area contributed by atoms with Crippen molar-refractivity contribution in [2.75, 3.05) is 13.7 Å². The zero-order valence-electron chi connectivity index (χ0n) is 12.8. The monoisotopic (exact) mass is 343 g/mol. The minimum absolute atomic E-state index is 0.107. The van der Waals surface area contributed by atoms with Crippen LogP contribution in [0, 0.1) is 5.41 Å². The molecule has 1 aliphatic carbocycles. The number of benzene rings is 1. The van der Waals surface area contributed by atoms with Crippen LogP contribution < -0.4 is 0 Å². The smallest absolute Gasteiger partial charge is 0.315 e. The van der Waals surface area contributed by atoms with E-state index in [2.05, 4.69) is 0 Å². The van der Waals surface area contributed by atoms with Crippen LogP contribution in [0.15, 0.2) is 30.3 Å². The average Bonchev–Trinajstić information content (AvgIpc) is 3.03. The van der Waals surface area contributed by atoms with Crippen LogP contribution in [0.2, 0.25) is 0 Å². The van der Waals surface area contributed by atoms with Crippen LogP contribution >= 0.6 is 23.2 Å². The van der Waals surface area contributed by atoms with Gasteiger partial charge in [-0.25, -0.2) is 0 Å². The SMILES string of the molecule is CC(c1ccccc1)N(C)C(=O)COC(=O)C1(C)CC1(Cl)Cl. The van der Waals surface area contributed by atoms with Gasteiger partial charge in [0, 0.05) is 13.5 Å². The molecule has 1 aliphatic rings. The maximum Gasteiger partial charge on any atom is 0.315 e. The van der Waals surface area contributed by atoms with Crippen molar-refractivity contribution >= 4 is 35.1 Å². The summed E-state index contributed by atoms with van der Waals surface area (Å²) in [6, 6.07) is 9.53. The van der Waals surface area contributed by atoms with Crippen LogP contribution in [0.25, 0.3) is 0 Å². The zero-order valence-corrected chi connectivity index (χ0v) is 14.3. The van der Waals surface area contributed by atoms with Gasteiger partial charge in [-0.15, -0.1) is 23.2 Å². The van der Waals surface area contributed by atoms with Crippen molar-refractivity contribution < 1.29 is 14.3 Å². The largest absolute Gasteiger partial charge is 0.455 e. The van der Waals surface area contributed by atoms with Gasteiger partial charge in [-0.3, -0.25) is 9.59 Å². The number of carbonyl (C=O) groups excluding carboxylic acids is 2. The molecule has 1 amide bonds. The first-order chi connectivity index (χ1) is 10.2. The molecule has 1 aromatic carbocycles. The first-order valence-corrected chi connectivity index (χ1v) is 7.80. The number of nitrogens with zero attached hydrogens (tertiary/aromatic N) is 1. The number of halogens is 2. The van der Waals surface area contributed by atoms with Crippen molar-refractivity contribution in [1.82, 2.24) is 4.90 Å². The standard InChI is InChI=1S/C16H19Cl2NO3/c1-11(12-7-5-4-6-8-12)19(3)13(20)9-22-14(21)15(2)10-16(15,17)18/h4-8,11H,9-10H2,1-3H3. The van der Waals surface area contributed by atoms with Gasteiger partial charge in [-0.2, -0.15) is 0 Å². The molecular formula is C16H19Cl2NO3. The molecule has 120 valence electrons. The van der Waals surface area contributed by atoms with Gasteiger partial charge in [-0.1, -0.05) is 30.3 Å². The Morgan fingerprint density at radius 1 is 1.32 bits per heavy atom. The molecule has 0 spiro atoms. The highest BCUT2D eigenvalue weighted by atomic mass is 35.5. The van der Waals surface area contributed by atoms with E-state index in [0.717, 1.165) is 5.56 Å². The molecule has 1 aromatic rings. The molecule has 0 saturated heterocycles. The van der Waals surface area contributed by atoms with E-state index in [-0.39, 0.29) is 18.6 Å². The van der Waals surface area contributed by atoms with Gasteiger partial charge >= 0.3 is 5.97 Å². The van der Waals surface area contributed by atoms with Crippen LogP contribution in [-0.2, 0) is 14.3 Å². The summed E-state index contributed by atoms with van der Waals surface area (Å²) < 4.78 is 3.99. The van der Waals surface area contributed by atoms with E-state index in [9.17, 15) is 9.59 Å². The lowest BCUT2D eigenvalue weighted by atomic mass is 10.1. The molecule has 0 N–H and O–H groups in total. The maximum atomic E-state index is 12.2. The highest BCUT2D eigenvalue weighted by Crippen LogP contribution is 2.64. The minimum Gasteiger partial charge on any atom is -0.455 e. The fourth-order valence-corrected chi connectivity index (χ4v) is 2.87. The Hall–Kier alpha value is -1.26. The van der Waals surface area contributed by atoms with Crippen molar-refractivity contribution in [2.24, 2.45) is 5.41 Å². The van der Waals surface area contributed by atoms with E-state index in [1.54, 1.807) is 18.9 Å². The number of rotatable bonds is 5. The molecule has 0 bridgehead atoms. The summed E-state index contributed by atoms with van der Waals surface area (Å²) in [4.78, 5) is 25.6. The molecule has 1 fully saturated rings. The number of alkyl halides is 2. The van der Waals surface area contributed by atoms with Crippen molar-refractivity contribution in [1.29, 1.82) is 0 Å². The lowest BCUT2D eigenvalue weighted by Gasteiger charge is -2.25. The first kappa shape index (κ1) is 17.1. The molecule has 0 aromatic heterocycles. The van der Waals surface area contributed by atoms with Crippen LogP contribution in [0.5, 0.6) is 0 Å². The highest BCUT2D eigenvalue weighted by Gasteiger charge is 2.69. The summed E-state index contributed by atoms with van der Waals surface area (Å²) in [5.41, 5.74) is 0.0966. The third kappa shape index (κ3) is 3.23. The van der Waals surface area contributed by atoms with E-state index >= 15 is 0 Å². The number of carbonyl (C=O) groups is 2. The van der Waals surface area contributed by atoms with Gasteiger partial charge in [-0.05, 0) is 19.4 Å². The second-order valence-electron chi connectivity index (χ2n) is 5.88. The van der Waals surface area contributed by atoms with Gasteiger partial charge in [0.2, 0.25) is 0 Å². The van der Waals surface area contributed by atoms with Gasteiger partial charge < -0.3 is 9.64 Å². The fourth-order valence-electron chi connectivity index (χ4n) is 2.18. The molecule has 0 aliphatic heterocycles. The van der Waals surface area contributed by atoms with Gasteiger partial charge in [0.1, 0.15) is 9.75 Å². The van der Waals surface area contributed by atoms with Crippen molar-refractivity contribution in [3.63, 3.8) is 0 Å². The van der Waals surface area contributed by atoms with Crippen molar-refractivity contribution in [3.8, 4) is 0 Å². The Morgan fingerprint density at radius 3 is 2.36 bits per heavy atom. The summed E-state index contributed by atoms with van der Waals surface area (Å²) in [7, 11) is 1.68. The second kappa shape index (κ2) is 6.09. The average molecular weight is 344 g/mol. The van der Waals surface area contributed by atoms with E-state index in [1.165, 1.54) is 0 Å². The van der Waals surface area contributed by atoms with E-state index in [0.29, 0.717) is 6.42 Å². The number of amides is 1. The predicted octanol–water partition coefficient (Wildman–Crippen LogP) is 3.33. The molecular weight excluding hydrogens is 325 g/mol. The summed E-state index contributed by atoms with van der Waals surface area (Å²) in [6.07, 6.45) is 0.340. The van der Waals surface area contributed by atoms with Gasteiger partial charge in [0.05, 0.1) is 6.04 Å². The molecule has 1 saturated carbocycles. The Labute approximate surface area is 140 Å². The number of esters is 1. The van der Waals surface area contributed by atoms with E-state index < -0.39 is 15.7 Å². The Morgan fingerprint density at radius 2 is 1.86 bits per heavy atom. The molecule has 4 nitrogen and oxygen atoms in total. The molecule has 22 heavy (non-hydrogen) atoms. The van der Waals surface area contributed by atoms with Gasteiger partial charge in [0.15, 0.2) is 6.61 Å². The number of hydrogen-bond donors (Lipinski definition) is 0. The summed E-state index contributed by atoms with van der Waals surface area (Å²) in [6.45, 7) is 3.24. The zero-order chi connectivity index (χ0) is 16.5. The lowest BCUT2D eigenvalue weighted by Crippen LogP contribution is -2.34. The summed E-state index contributed by atoms with van der Waals surface area (Å²) in [5, 5.41) is 0. The molecule has 2 atom stereocenters. The quantitative estimate of drug-likeness (QED) is 0.608. The highest BCUT2D eigenvalue weighted by molar-refractivity contribution is 6.53. The van der Waals surface area contributed by atoms with Gasteiger partial charge in [0.25, 0.3) is 5.91 Å². The number of hydrogen-bond acceptors (Lipinski definition) is 3.